The minimum atomic E-state index is -0.430. The van der Waals surface area contributed by atoms with E-state index in [2.05, 4.69) is 200 Å². The van der Waals surface area contributed by atoms with Crippen LogP contribution in [0, 0.1) is 12.7 Å². The van der Waals surface area contributed by atoms with Gasteiger partial charge in [-0.2, -0.15) is 5.10 Å². The molecule has 0 saturated heterocycles. The zero-order valence-corrected chi connectivity index (χ0v) is 36.7. The van der Waals surface area contributed by atoms with Gasteiger partial charge < -0.3 is 4.90 Å². The lowest BCUT2D eigenvalue weighted by Gasteiger charge is -2.33. The molecule has 0 amide bonds. The highest BCUT2D eigenvalue weighted by Gasteiger charge is 2.44. The molecule has 0 radical (unpaired) electrons. The number of fused-ring (bicyclic) bond motifs is 6. The van der Waals surface area contributed by atoms with Crippen molar-refractivity contribution in [2.24, 2.45) is 0 Å². The Morgan fingerprint density at radius 2 is 1.17 bits per heavy atom. The molecule has 0 spiro atoms. The van der Waals surface area contributed by atoms with Crippen LogP contribution < -0.4 is 4.90 Å². The molecule has 1 unspecified atom stereocenters. The molecule has 316 valence electrons. The van der Waals surface area contributed by atoms with Crippen LogP contribution in [0.2, 0.25) is 0 Å². The van der Waals surface area contributed by atoms with Crippen LogP contribution in [0.25, 0.3) is 61.1 Å². The number of anilines is 3. The minimum absolute atomic E-state index is 0.270. The van der Waals surface area contributed by atoms with E-state index in [9.17, 15) is 4.39 Å². The zero-order chi connectivity index (χ0) is 44.6. The zero-order valence-electron chi connectivity index (χ0n) is 36.7. The Morgan fingerprint density at radius 1 is 0.561 bits per heavy atom. The monoisotopic (exact) mass is 851 g/mol. The van der Waals surface area contributed by atoms with Crippen LogP contribution in [0.4, 0.5) is 21.5 Å². The van der Waals surface area contributed by atoms with Crippen LogP contribution >= 0.6 is 0 Å². The predicted molar refractivity (Wildman–Crippen MR) is 273 cm³/mol. The fourth-order valence-electron chi connectivity index (χ4n) is 10.1. The highest BCUT2D eigenvalue weighted by Crippen LogP contribution is 2.56. The molecule has 0 aliphatic heterocycles. The summed E-state index contributed by atoms with van der Waals surface area (Å²) in [4.78, 5) is 2.36. The Morgan fingerprint density at radius 3 is 1.88 bits per heavy atom. The van der Waals surface area contributed by atoms with Gasteiger partial charge in [-0.1, -0.05) is 189 Å². The first kappa shape index (κ1) is 40.4. The lowest BCUT2D eigenvalue weighted by atomic mass is 9.70. The standard InChI is InChI=1S/C62H46FN3/c1-3-4-5-6-18-39-62(49-23-14-9-15-24-49)57-26-17-16-25-54(57)55-38-37-53(42-58(55)62)65(51-33-28-45(29-34-51)44-19-10-7-11-20-44)52-35-30-47(31-36-52)60-43(2)61-56-41-50(63)32-27-48(56)40-59(66(61)64-60)46-21-12-8-13-22-46/h3-38,40-42H,1,39H2,2H3/b5-4-,18-6-. The number of benzene rings is 8. The van der Waals surface area contributed by atoms with E-state index in [4.69, 9.17) is 5.10 Å². The molecule has 11 rings (SSSR count). The summed E-state index contributed by atoms with van der Waals surface area (Å²) in [6, 6.07) is 72.3. The summed E-state index contributed by atoms with van der Waals surface area (Å²) in [7, 11) is 0. The third-order valence-electron chi connectivity index (χ3n) is 13.2. The first-order valence-electron chi connectivity index (χ1n) is 22.5. The van der Waals surface area contributed by atoms with Crippen molar-refractivity contribution < 1.29 is 4.39 Å². The van der Waals surface area contributed by atoms with Crippen molar-refractivity contribution in [1.82, 2.24) is 9.61 Å². The topological polar surface area (TPSA) is 20.5 Å². The molecular weight excluding hydrogens is 806 g/mol. The average Bonchev–Trinajstić information content (AvgIpc) is 3.87. The minimum Gasteiger partial charge on any atom is -0.310 e. The van der Waals surface area contributed by atoms with Crippen molar-refractivity contribution >= 4 is 33.4 Å². The van der Waals surface area contributed by atoms with Crippen LogP contribution in [0.15, 0.2) is 243 Å². The van der Waals surface area contributed by atoms with Crippen LogP contribution in [0.1, 0.15) is 28.7 Å². The second-order valence-electron chi connectivity index (χ2n) is 17.0. The number of aryl methyl sites for hydroxylation is 1. The maximum absolute atomic E-state index is 14.9. The van der Waals surface area contributed by atoms with Crippen molar-refractivity contribution in [1.29, 1.82) is 0 Å². The largest absolute Gasteiger partial charge is 0.310 e. The third kappa shape index (κ3) is 6.95. The number of rotatable bonds is 11. The molecule has 1 aliphatic rings. The van der Waals surface area contributed by atoms with Crippen LogP contribution in [-0.4, -0.2) is 9.61 Å². The maximum Gasteiger partial charge on any atom is 0.123 e. The molecular formula is C62H46FN3. The number of aromatic nitrogens is 2. The fourth-order valence-corrected chi connectivity index (χ4v) is 10.1. The first-order chi connectivity index (χ1) is 32.5. The fraction of sp³-hybridized carbons (Fsp3) is 0.0484. The van der Waals surface area contributed by atoms with Gasteiger partial charge in [-0.25, -0.2) is 8.91 Å². The smallest absolute Gasteiger partial charge is 0.123 e. The van der Waals surface area contributed by atoms with E-state index in [1.807, 2.05) is 47.0 Å². The molecule has 0 saturated carbocycles. The molecule has 0 N–H and O–H groups in total. The Hall–Kier alpha value is -8.34. The number of halogens is 1. The number of nitrogens with zero attached hydrogens (tertiary/aromatic N) is 3. The van der Waals surface area contributed by atoms with Gasteiger partial charge in [0.2, 0.25) is 0 Å². The molecule has 66 heavy (non-hydrogen) atoms. The molecule has 2 heterocycles. The van der Waals surface area contributed by atoms with E-state index < -0.39 is 5.41 Å². The van der Waals surface area contributed by atoms with Crippen molar-refractivity contribution in [3.63, 3.8) is 0 Å². The van der Waals surface area contributed by atoms with E-state index in [0.29, 0.717) is 0 Å². The molecule has 2 aromatic heterocycles. The lowest BCUT2D eigenvalue weighted by Crippen LogP contribution is -2.26. The quantitative estimate of drug-likeness (QED) is 0.121. The van der Waals surface area contributed by atoms with E-state index in [1.165, 1.54) is 39.4 Å². The van der Waals surface area contributed by atoms with Gasteiger partial charge in [0.15, 0.2) is 0 Å². The van der Waals surface area contributed by atoms with Gasteiger partial charge in [-0.15, -0.1) is 0 Å². The Kier molecular flexibility index (Phi) is 10.4. The van der Waals surface area contributed by atoms with Gasteiger partial charge in [-0.3, -0.25) is 0 Å². The van der Waals surface area contributed by atoms with Gasteiger partial charge in [0.1, 0.15) is 5.82 Å². The Labute approximate surface area is 385 Å². The van der Waals surface area contributed by atoms with Crippen molar-refractivity contribution in [3.8, 4) is 44.8 Å². The highest BCUT2D eigenvalue weighted by molar-refractivity contribution is 6.01. The number of hydrogen-bond donors (Lipinski definition) is 0. The van der Waals surface area contributed by atoms with Crippen LogP contribution in [0.5, 0.6) is 0 Å². The van der Waals surface area contributed by atoms with Gasteiger partial charge in [0.25, 0.3) is 0 Å². The number of allylic oxidation sites excluding steroid dienone is 5. The number of hydrogen-bond acceptors (Lipinski definition) is 2. The molecule has 4 heteroatoms. The molecule has 8 aromatic carbocycles. The van der Waals surface area contributed by atoms with E-state index in [-0.39, 0.29) is 5.82 Å². The van der Waals surface area contributed by atoms with E-state index in [0.717, 1.165) is 73.4 Å². The second-order valence-corrected chi connectivity index (χ2v) is 17.0. The summed E-state index contributed by atoms with van der Waals surface area (Å²) in [5.41, 5.74) is 17.1. The number of pyridine rings is 1. The van der Waals surface area contributed by atoms with Crippen molar-refractivity contribution in [2.75, 3.05) is 4.90 Å². The lowest BCUT2D eigenvalue weighted by molar-refractivity contribution is 0.630. The Bertz CT molecular complexity index is 3460. The summed E-state index contributed by atoms with van der Waals surface area (Å²) in [5, 5.41) is 7.08. The molecule has 0 fully saturated rings. The molecule has 10 aromatic rings. The summed E-state index contributed by atoms with van der Waals surface area (Å²) in [5.74, 6) is -0.270. The summed E-state index contributed by atoms with van der Waals surface area (Å²) in [6.45, 7) is 5.97. The van der Waals surface area contributed by atoms with Crippen LogP contribution in [0.3, 0.4) is 0 Å². The molecule has 1 aliphatic carbocycles. The molecule has 1 atom stereocenters. The average molecular weight is 852 g/mol. The van der Waals surface area contributed by atoms with Gasteiger partial charge in [-0.05, 0) is 112 Å². The van der Waals surface area contributed by atoms with Gasteiger partial charge >= 0.3 is 0 Å². The van der Waals surface area contributed by atoms with Crippen molar-refractivity contribution in [2.45, 2.75) is 18.8 Å². The van der Waals surface area contributed by atoms with Gasteiger partial charge in [0, 0.05) is 44.6 Å². The maximum atomic E-state index is 14.9. The van der Waals surface area contributed by atoms with Gasteiger partial charge in [0.05, 0.1) is 16.9 Å². The SMILES string of the molecule is C=C/C=C\C=C/CC1(c2ccccc2)c2ccccc2-c2ccc(N(c3ccc(-c4ccccc4)cc3)c3ccc(-c4nn5c(-c6ccccc6)cc6ccc(F)cc6c5c4C)cc3)cc21. The summed E-state index contributed by atoms with van der Waals surface area (Å²) in [6.07, 6.45) is 11.0. The molecule has 3 nitrogen and oxygen atoms in total. The summed E-state index contributed by atoms with van der Waals surface area (Å²) < 4.78 is 16.9. The summed E-state index contributed by atoms with van der Waals surface area (Å²) >= 11 is 0. The van der Waals surface area contributed by atoms with E-state index in [1.54, 1.807) is 6.07 Å². The normalized spacial score (nSPS) is 14.3. The Balaban J connectivity index is 1.07. The van der Waals surface area contributed by atoms with Crippen molar-refractivity contribution in [3.05, 3.63) is 271 Å². The van der Waals surface area contributed by atoms with Crippen LogP contribution in [-0.2, 0) is 5.41 Å². The third-order valence-corrected chi connectivity index (χ3v) is 13.2. The second kappa shape index (κ2) is 17.0. The van der Waals surface area contributed by atoms with E-state index >= 15 is 0 Å². The predicted octanol–water partition coefficient (Wildman–Crippen LogP) is 16.4. The highest BCUT2D eigenvalue weighted by atomic mass is 19.1. The first-order valence-corrected chi connectivity index (χ1v) is 22.5. The molecule has 0 bridgehead atoms.